The second-order valence-corrected chi connectivity index (χ2v) is 4.69. The van der Waals surface area contributed by atoms with Gasteiger partial charge in [-0.05, 0) is 34.9 Å². The Morgan fingerprint density at radius 2 is 1.83 bits per heavy atom. The topological polar surface area (TPSA) is 0 Å². The van der Waals surface area contributed by atoms with Crippen LogP contribution >= 0.6 is 0 Å². The van der Waals surface area contributed by atoms with Gasteiger partial charge in [0.05, 0.1) is 0 Å². The molecule has 0 heteroatoms. The van der Waals surface area contributed by atoms with Crippen molar-refractivity contribution in [3.8, 4) is 0 Å². The van der Waals surface area contributed by atoms with E-state index in [1.165, 1.54) is 12.8 Å². The quantitative estimate of drug-likeness (QED) is 0.547. The molecule has 1 aromatic rings. The molecule has 0 atom stereocenters. The molecule has 0 spiro atoms. The molecular formula is C12H16. The molecule has 0 radical (unpaired) electrons. The Morgan fingerprint density at radius 1 is 1.08 bits per heavy atom. The minimum absolute atomic E-state index is 0.325. The molecule has 0 fully saturated rings. The molecule has 64 valence electrons. The summed E-state index contributed by atoms with van der Waals surface area (Å²) in [6, 6.07) is 6.73. The molecule has 0 heterocycles. The molecule has 0 aliphatic heterocycles. The molecule has 0 unspecified atom stereocenters. The van der Waals surface area contributed by atoms with Gasteiger partial charge in [0.25, 0.3) is 0 Å². The van der Waals surface area contributed by atoms with E-state index in [0.29, 0.717) is 5.41 Å². The highest BCUT2D eigenvalue weighted by Gasteiger charge is 2.23. The van der Waals surface area contributed by atoms with Crippen molar-refractivity contribution in [3.63, 3.8) is 0 Å². The first-order valence-electron chi connectivity index (χ1n) is 4.70. The largest absolute Gasteiger partial charge is 0.0617 e. The summed E-state index contributed by atoms with van der Waals surface area (Å²) in [4.78, 5) is 0. The summed E-state index contributed by atoms with van der Waals surface area (Å²) in [5, 5.41) is 0. The summed E-state index contributed by atoms with van der Waals surface area (Å²) in [5.74, 6) is 0. The van der Waals surface area contributed by atoms with E-state index in [1.54, 1.807) is 16.7 Å². The van der Waals surface area contributed by atoms with Gasteiger partial charge in [-0.1, -0.05) is 39.0 Å². The maximum absolute atomic E-state index is 2.29. The highest BCUT2D eigenvalue weighted by molar-refractivity contribution is 5.44. The van der Waals surface area contributed by atoms with Gasteiger partial charge in [-0.25, -0.2) is 0 Å². The van der Waals surface area contributed by atoms with Crippen LogP contribution in [-0.4, -0.2) is 0 Å². The van der Waals surface area contributed by atoms with Crippen LogP contribution in [0.4, 0.5) is 0 Å². The zero-order valence-corrected chi connectivity index (χ0v) is 8.15. The van der Waals surface area contributed by atoms with Crippen molar-refractivity contribution in [2.45, 2.75) is 39.0 Å². The zero-order valence-electron chi connectivity index (χ0n) is 8.15. The van der Waals surface area contributed by atoms with Gasteiger partial charge in [-0.3, -0.25) is 0 Å². The molecule has 0 N–H and O–H groups in total. The van der Waals surface area contributed by atoms with Gasteiger partial charge in [0, 0.05) is 0 Å². The molecule has 1 aliphatic rings. The highest BCUT2D eigenvalue weighted by Crippen LogP contribution is 2.33. The molecule has 0 nitrogen and oxygen atoms in total. The summed E-state index contributed by atoms with van der Waals surface area (Å²) < 4.78 is 0. The van der Waals surface area contributed by atoms with Crippen LogP contribution in [0.25, 0.3) is 0 Å². The predicted octanol–water partition coefficient (Wildman–Crippen LogP) is 3.08. The third-order valence-electron chi connectivity index (χ3n) is 2.73. The molecule has 2 rings (SSSR count). The molecule has 12 heavy (non-hydrogen) atoms. The van der Waals surface area contributed by atoms with E-state index in [0.717, 1.165) is 0 Å². The minimum atomic E-state index is 0.325. The van der Waals surface area contributed by atoms with Crippen LogP contribution in [-0.2, 0) is 18.3 Å². The lowest BCUT2D eigenvalue weighted by Gasteiger charge is -2.29. The Hall–Kier alpha value is -0.780. The van der Waals surface area contributed by atoms with Crippen molar-refractivity contribution in [2.75, 3.05) is 0 Å². The van der Waals surface area contributed by atoms with Crippen LogP contribution < -0.4 is 0 Å². The SMILES string of the molecule is CC(C)(C)c1cccc2c1CC2. The van der Waals surface area contributed by atoms with Crippen LogP contribution in [0.3, 0.4) is 0 Å². The summed E-state index contributed by atoms with van der Waals surface area (Å²) >= 11 is 0. The fourth-order valence-corrected chi connectivity index (χ4v) is 1.95. The van der Waals surface area contributed by atoms with Crippen molar-refractivity contribution in [1.29, 1.82) is 0 Å². The average Bonchev–Trinajstić information content (AvgIpc) is 1.88. The zero-order chi connectivity index (χ0) is 8.77. The van der Waals surface area contributed by atoms with Gasteiger partial charge in [0.2, 0.25) is 0 Å². The van der Waals surface area contributed by atoms with Gasteiger partial charge in [-0.2, -0.15) is 0 Å². The smallest absolute Gasteiger partial charge is 0.0129 e. The van der Waals surface area contributed by atoms with Gasteiger partial charge < -0.3 is 0 Å². The predicted molar refractivity (Wildman–Crippen MR) is 52.6 cm³/mol. The second-order valence-electron chi connectivity index (χ2n) is 4.69. The lowest BCUT2D eigenvalue weighted by atomic mass is 9.75. The maximum atomic E-state index is 2.29. The van der Waals surface area contributed by atoms with E-state index in [-0.39, 0.29) is 0 Å². The standard InChI is InChI=1S/C12H16/c1-12(2,3)11-6-4-5-9-7-8-10(9)11/h4-6H,7-8H2,1-3H3. The molecule has 0 bridgehead atoms. The van der Waals surface area contributed by atoms with Crippen molar-refractivity contribution in [3.05, 3.63) is 34.9 Å². The molecule has 0 saturated carbocycles. The lowest BCUT2D eigenvalue weighted by molar-refractivity contribution is 0.572. The Morgan fingerprint density at radius 3 is 2.25 bits per heavy atom. The van der Waals surface area contributed by atoms with Crippen molar-refractivity contribution in [2.24, 2.45) is 0 Å². The first kappa shape index (κ1) is 7.85. The van der Waals surface area contributed by atoms with Crippen LogP contribution in [0.2, 0.25) is 0 Å². The van der Waals surface area contributed by atoms with Crippen molar-refractivity contribution >= 4 is 0 Å². The fraction of sp³-hybridized carbons (Fsp3) is 0.500. The monoisotopic (exact) mass is 160 g/mol. The van der Waals surface area contributed by atoms with Gasteiger partial charge in [0.1, 0.15) is 0 Å². The molecule has 1 aliphatic carbocycles. The minimum Gasteiger partial charge on any atom is -0.0617 e. The van der Waals surface area contributed by atoms with Gasteiger partial charge >= 0.3 is 0 Å². The third kappa shape index (κ3) is 1.06. The number of benzene rings is 1. The highest BCUT2D eigenvalue weighted by atomic mass is 14.3. The molecule has 0 amide bonds. The summed E-state index contributed by atoms with van der Waals surface area (Å²) in [7, 11) is 0. The number of fused-ring (bicyclic) bond motifs is 1. The van der Waals surface area contributed by atoms with E-state index in [4.69, 9.17) is 0 Å². The normalized spacial score (nSPS) is 15.2. The van der Waals surface area contributed by atoms with Crippen LogP contribution in [0, 0.1) is 0 Å². The van der Waals surface area contributed by atoms with Crippen LogP contribution in [0.15, 0.2) is 18.2 Å². The Labute approximate surface area is 74.6 Å². The van der Waals surface area contributed by atoms with Crippen molar-refractivity contribution < 1.29 is 0 Å². The molecule has 0 aromatic heterocycles. The second kappa shape index (κ2) is 2.35. The lowest BCUT2D eigenvalue weighted by Crippen LogP contribution is -2.20. The fourth-order valence-electron chi connectivity index (χ4n) is 1.95. The first-order chi connectivity index (χ1) is 5.59. The van der Waals surface area contributed by atoms with E-state index < -0.39 is 0 Å². The molecular weight excluding hydrogens is 144 g/mol. The number of hydrogen-bond donors (Lipinski definition) is 0. The average molecular weight is 160 g/mol. The summed E-state index contributed by atoms with van der Waals surface area (Å²) in [6.45, 7) is 6.88. The first-order valence-corrected chi connectivity index (χ1v) is 4.70. The van der Waals surface area contributed by atoms with Crippen LogP contribution in [0.5, 0.6) is 0 Å². The van der Waals surface area contributed by atoms with E-state index >= 15 is 0 Å². The number of hydrogen-bond acceptors (Lipinski definition) is 0. The van der Waals surface area contributed by atoms with E-state index in [9.17, 15) is 0 Å². The summed E-state index contributed by atoms with van der Waals surface area (Å²) in [6.07, 6.45) is 2.59. The van der Waals surface area contributed by atoms with E-state index in [1.807, 2.05) is 0 Å². The van der Waals surface area contributed by atoms with Crippen molar-refractivity contribution in [1.82, 2.24) is 0 Å². The van der Waals surface area contributed by atoms with E-state index in [2.05, 4.69) is 39.0 Å². The number of rotatable bonds is 0. The third-order valence-corrected chi connectivity index (χ3v) is 2.73. The number of aryl methyl sites for hydroxylation is 1. The van der Waals surface area contributed by atoms with Gasteiger partial charge in [-0.15, -0.1) is 0 Å². The van der Waals surface area contributed by atoms with Crippen LogP contribution in [0.1, 0.15) is 37.5 Å². The Bertz CT molecular complexity index is 302. The Kier molecular flexibility index (Phi) is 1.54. The molecule has 1 aromatic carbocycles. The maximum Gasteiger partial charge on any atom is -0.0129 e. The Balaban J connectivity index is 2.52. The summed E-state index contributed by atoms with van der Waals surface area (Å²) in [5.41, 5.74) is 5.06. The molecule has 0 saturated heterocycles. The van der Waals surface area contributed by atoms with Gasteiger partial charge in [0.15, 0.2) is 0 Å².